The van der Waals surface area contributed by atoms with Crippen molar-refractivity contribution < 1.29 is 23.8 Å². The molecule has 1 aromatic heterocycles. The van der Waals surface area contributed by atoms with Crippen molar-refractivity contribution in [3.63, 3.8) is 0 Å². The lowest BCUT2D eigenvalue weighted by Crippen LogP contribution is -2.34. The van der Waals surface area contributed by atoms with Crippen LogP contribution in [0.2, 0.25) is 0 Å². The van der Waals surface area contributed by atoms with Crippen LogP contribution in [0.25, 0.3) is 10.4 Å². The molecule has 0 bridgehead atoms. The highest BCUT2D eigenvalue weighted by atomic mass is 32.1. The lowest BCUT2D eigenvalue weighted by Gasteiger charge is -2.21. The van der Waals surface area contributed by atoms with Crippen LogP contribution in [0, 0.1) is 0 Å². The first-order valence-corrected chi connectivity index (χ1v) is 11.6. The number of thiophene rings is 1. The number of nitrogens with one attached hydrogen (secondary N) is 1. The third kappa shape index (κ3) is 4.02. The summed E-state index contributed by atoms with van der Waals surface area (Å²) in [6, 6.07) is 13.5. The predicted molar refractivity (Wildman–Crippen MR) is 126 cm³/mol. The summed E-state index contributed by atoms with van der Waals surface area (Å²) in [5.74, 6) is 1.22. The van der Waals surface area contributed by atoms with E-state index < -0.39 is 5.92 Å². The van der Waals surface area contributed by atoms with Gasteiger partial charge in [0, 0.05) is 35.2 Å². The van der Waals surface area contributed by atoms with Gasteiger partial charge in [0.05, 0.1) is 26.7 Å². The highest BCUT2D eigenvalue weighted by Gasteiger charge is 2.34. The van der Waals surface area contributed by atoms with Gasteiger partial charge in [-0.15, -0.1) is 11.3 Å². The van der Waals surface area contributed by atoms with E-state index in [4.69, 9.17) is 14.2 Å². The molecule has 1 atom stereocenters. The van der Waals surface area contributed by atoms with Gasteiger partial charge in [-0.3, -0.25) is 9.59 Å². The van der Waals surface area contributed by atoms with Crippen LogP contribution in [0.1, 0.15) is 23.5 Å². The number of carbonyl (C=O) groups excluding carboxylic acids is 2. The molecule has 2 aliphatic rings. The Morgan fingerprint density at radius 1 is 1.21 bits per heavy atom. The maximum absolute atomic E-state index is 13.3. The molecule has 2 aromatic carbocycles. The van der Waals surface area contributed by atoms with Gasteiger partial charge in [0.25, 0.3) is 0 Å². The molecule has 1 N–H and O–H groups in total. The van der Waals surface area contributed by atoms with E-state index in [1.165, 1.54) is 0 Å². The summed E-state index contributed by atoms with van der Waals surface area (Å²) in [6.07, 6.45) is 0.0995. The Hall–Kier alpha value is -3.52. The van der Waals surface area contributed by atoms with Crippen LogP contribution >= 0.6 is 11.3 Å². The monoisotopic (exact) mass is 464 g/mol. The maximum Gasteiger partial charge on any atom is 0.232 e. The molecule has 0 saturated carbocycles. The van der Waals surface area contributed by atoms with E-state index in [-0.39, 0.29) is 18.2 Å². The van der Waals surface area contributed by atoms with Crippen LogP contribution in [0.3, 0.4) is 0 Å². The highest BCUT2D eigenvalue weighted by molar-refractivity contribution is 7.13. The van der Waals surface area contributed by atoms with Crippen LogP contribution in [0.4, 0.5) is 5.69 Å². The molecule has 0 fully saturated rings. The molecule has 170 valence electrons. The average molecular weight is 465 g/mol. The fourth-order valence-electron chi connectivity index (χ4n) is 4.38. The Morgan fingerprint density at radius 3 is 2.85 bits per heavy atom. The van der Waals surface area contributed by atoms with E-state index in [1.54, 1.807) is 36.5 Å². The number of nitrogens with zero attached hydrogens (tertiary/aromatic N) is 1. The summed E-state index contributed by atoms with van der Waals surface area (Å²) in [5.41, 5.74) is 3.44. The molecule has 8 heteroatoms. The average Bonchev–Trinajstić information content (AvgIpc) is 3.40. The fraction of sp³-hybridized carbons (Fsp3) is 0.280. The molecule has 0 radical (unpaired) electrons. The number of anilines is 1. The topological polar surface area (TPSA) is 77.1 Å². The summed E-state index contributed by atoms with van der Waals surface area (Å²) in [6.45, 7) is 1.19. The first kappa shape index (κ1) is 21.3. The van der Waals surface area contributed by atoms with Crippen LogP contribution in [-0.4, -0.2) is 44.1 Å². The number of rotatable bonds is 5. The van der Waals surface area contributed by atoms with Gasteiger partial charge in [0.1, 0.15) is 12.4 Å². The molecule has 5 rings (SSSR count). The zero-order valence-electron chi connectivity index (χ0n) is 18.4. The molecular formula is C25H24N2O5S. The third-order valence-corrected chi connectivity index (χ3v) is 6.99. The van der Waals surface area contributed by atoms with Gasteiger partial charge in [-0.25, -0.2) is 0 Å². The third-order valence-electron chi connectivity index (χ3n) is 6.07. The van der Waals surface area contributed by atoms with Gasteiger partial charge < -0.3 is 24.4 Å². The highest BCUT2D eigenvalue weighted by Crippen LogP contribution is 2.40. The number of benzene rings is 2. The predicted octanol–water partition coefficient (Wildman–Crippen LogP) is 4.28. The quantitative estimate of drug-likeness (QED) is 0.610. The zero-order valence-corrected chi connectivity index (χ0v) is 19.2. The zero-order chi connectivity index (χ0) is 22.9. The van der Waals surface area contributed by atoms with Crippen molar-refractivity contribution in [1.29, 1.82) is 0 Å². The first-order valence-electron chi connectivity index (χ1n) is 10.7. The second-order valence-corrected chi connectivity index (χ2v) is 8.95. The molecule has 0 saturated heterocycles. The summed E-state index contributed by atoms with van der Waals surface area (Å²) in [7, 11) is 3.20. The minimum Gasteiger partial charge on any atom is -0.497 e. The molecular weight excluding hydrogens is 440 g/mol. The van der Waals surface area contributed by atoms with E-state index in [1.807, 2.05) is 29.6 Å². The van der Waals surface area contributed by atoms with Crippen LogP contribution in [-0.2, 0) is 16.1 Å². The summed E-state index contributed by atoms with van der Waals surface area (Å²) < 4.78 is 16.8. The Balaban J connectivity index is 1.39. The van der Waals surface area contributed by atoms with E-state index >= 15 is 0 Å². The largest absolute Gasteiger partial charge is 0.497 e. The van der Waals surface area contributed by atoms with Gasteiger partial charge in [0.15, 0.2) is 11.5 Å². The Kier molecular flexibility index (Phi) is 5.68. The van der Waals surface area contributed by atoms with E-state index in [2.05, 4.69) is 17.4 Å². The SMILES string of the molecule is COc1ccc2c(c1)NC(=O)[C@H]2CC(=O)N1CCOc2c(cc(-c3cccs3)cc2OC)C1. The van der Waals surface area contributed by atoms with Gasteiger partial charge in [-0.1, -0.05) is 12.1 Å². The number of carbonyl (C=O) groups is 2. The van der Waals surface area contributed by atoms with Crippen LogP contribution < -0.4 is 19.5 Å². The Bertz CT molecular complexity index is 1210. The Morgan fingerprint density at radius 2 is 2.09 bits per heavy atom. The second kappa shape index (κ2) is 8.78. The van der Waals surface area contributed by atoms with Crippen molar-refractivity contribution in [3.8, 4) is 27.7 Å². The number of amides is 2. The molecule has 33 heavy (non-hydrogen) atoms. The van der Waals surface area contributed by atoms with Gasteiger partial charge in [-0.2, -0.15) is 0 Å². The van der Waals surface area contributed by atoms with E-state index in [0.717, 1.165) is 21.6 Å². The van der Waals surface area contributed by atoms with E-state index in [0.29, 0.717) is 42.6 Å². The lowest BCUT2D eigenvalue weighted by atomic mass is 9.96. The maximum atomic E-state index is 13.3. The van der Waals surface area contributed by atoms with Crippen molar-refractivity contribution in [2.45, 2.75) is 18.9 Å². The number of methoxy groups -OCH3 is 2. The summed E-state index contributed by atoms with van der Waals surface area (Å²) >= 11 is 1.65. The fourth-order valence-corrected chi connectivity index (χ4v) is 5.09. The summed E-state index contributed by atoms with van der Waals surface area (Å²) in [4.78, 5) is 28.8. The Labute approximate surface area is 195 Å². The molecule has 3 aromatic rings. The van der Waals surface area contributed by atoms with Crippen molar-refractivity contribution >= 4 is 28.8 Å². The number of fused-ring (bicyclic) bond motifs is 2. The number of ether oxygens (including phenoxy) is 3. The van der Waals surface area contributed by atoms with Gasteiger partial charge in [-0.05, 0) is 40.8 Å². The first-order chi connectivity index (χ1) is 16.1. The number of hydrogen-bond acceptors (Lipinski definition) is 6. The molecule has 2 amide bonds. The van der Waals surface area contributed by atoms with Gasteiger partial charge >= 0.3 is 0 Å². The molecule has 7 nitrogen and oxygen atoms in total. The molecule has 0 aliphatic carbocycles. The normalized spacial score (nSPS) is 16.8. The minimum absolute atomic E-state index is 0.0873. The molecule has 2 aliphatic heterocycles. The van der Waals surface area contributed by atoms with Crippen LogP contribution in [0.5, 0.6) is 17.2 Å². The molecule has 3 heterocycles. The molecule has 0 spiro atoms. The molecule has 0 unspecified atom stereocenters. The second-order valence-electron chi connectivity index (χ2n) is 8.01. The van der Waals surface area contributed by atoms with Crippen molar-refractivity contribution in [3.05, 3.63) is 59.0 Å². The van der Waals surface area contributed by atoms with Crippen molar-refractivity contribution in [2.24, 2.45) is 0 Å². The van der Waals surface area contributed by atoms with Gasteiger partial charge in [0.2, 0.25) is 11.8 Å². The van der Waals surface area contributed by atoms with E-state index in [9.17, 15) is 9.59 Å². The minimum atomic E-state index is -0.519. The lowest BCUT2D eigenvalue weighted by molar-refractivity contribution is -0.134. The van der Waals surface area contributed by atoms with Crippen molar-refractivity contribution in [2.75, 3.05) is 32.7 Å². The summed E-state index contributed by atoms with van der Waals surface area (Å²) in [5, 5.41) is 4.89. The number of hydrogen-bond donors (Lipinski definition) is 1. The standard InChI is InChI=1S/C25H24N2O5S/c1-30-17-5-6-18-19(25(29)26-20(18)12-17)13-23(28)27-7-8-32-24-16(14-27)10-15(11-21(24)31-2)22-4-3-9-33-22/h3-6,9-12,19H,7-8,13-14H2,1-2H3,(H,26,29)/t19-/m0/s1. The van der Waals surface area contributed by atoms with Crippen molar-refractivity contribution in [1.82, 2.24) is 4.90 Å². The van der Waals surface area contributed by atoms with Crippen LogP contribution in [0.15, 0.2) is 47.8 Å². The smallest absolute Gasteiger partial charge is 0.232 e.